The maximum Gasteiger partial charge on any atom is 0.198 e. The van der Waals surface area contributed by atoms with Crippen molar-refractivity contribution in [1.29, 1.82) is 0 Å². The van der Waals surface area contributed by atoms with Crippen LogP contribution in [0.3, 0.4) is 0 Å². The first-order valence-corrected chi connectivity index (χ1v) is 5.07. The summed E-state index contributed by atoms with van der Waals surface area (Å²) in [6, 6.07) is 1.69. The zero-order valence-corrected chi connectivity index (χ0v) is 9.19. The molecule has 0 spiro atoms. The van der Waals surface area contributed by atoms with Crippen molar-refractivity contribution in [3.8, 4) is 0 Å². The minimum Gasteiger partial charge on any atom is -0.345 e. The predicted molar refractivity (Wildman–Crippen MR) is 55.6 cm³/mol. The topological polar surface area (TPSA) is 76.0 Å². The first kappa shape index (κ1) is 11.0. The molecule has 1 aliphatic heterocycles. The van der Waals surface area contributed by atoms with E-state index in [9.17, 15) is 4.79 Å². The minimum atomic E-state index is -0.996. The Balaban J connectivity index is 2.16. The molecule has 2 rings (SSSR count). The summed E-state index contributed by atoms with van der Waals surface area (Å²) in [5.41, 5.74) is -0.456. The average molecular weight is 223 g/mol. The average Bonchev–Trinajstić information content (AvgIpc) is 2.73. The maximum atomic E-state index is 12.1. The molecule has 16 heavy (non-hydrogen) atoms. The summed E-state index contributed by atoms with van der Waals surface area (Å²) >= 11 is 0. The number of fused-ring (bicyclic) bond motifs is 1. The number of hydrogen-bond acceptors (Lipinski definition) is 5. The van der Waals surface area contributed by atoms with E-state index in [1.54, 1.807) is 26.1 Å². The molecule has 1 aromatic rings. The molecule has 6 heteroatoms. The quantitative estimate of drug-likeness (QED) is 0.482. The first-order chi connectivity index (χ1) is 7.67. The number of nitrogens with zero attached hydrogens (tertiary/aromatic N) is 2. The standard InChI is InChI=1S/C10H13N3O3/c1-3-15-16-6-10(2)8(14)7-4-5-11-9(7)12-13-10/h4-5,11H,3,6H2,1-2H3. The van der Waals surface area contributed by atoms with Gasteiger partial charge >= 0.3 is 0 Å². The Labute approximate surface area is 92.6 Å². The van der Waals surface area contributed by atoms with Gasteiger partial charge in [-0.05, 0) is 19.9 Å². The van der Waals surface area contributed by atoms with Crippen molar-refractivity contribution in [2.45, 2.75) is 19.4 Å². The van der Waals surface area contributed by atoms with E-state index in [-0.39, 0.29) is 12.4 Å². The highest BCUT2D eigenvalue weighted by atomic mass is 17.2. The molecule has 1 aliphatic rings. The van der Waals surface area contributed by atoms with E-state index in [1.165, 1.54) is 0 Å². The van der Waals surface area contributed by atoms with Crippen molar-refractivity contribution >= 4 is 11.6 Å². The molecule has 1 atom stereocenters. The molecule has 0 saturated heterocycles. The third kappa shape index (κ3) is 1.77. The molecule has 2 heterocycles. The molecular formula is C10H13N3O3. The van der Waals surface area contributed by atoms with Crippen LogP contribution in [0.15, 0.2) is 22.5 Å². The number of H-pyrrole nitrogens is 1. The summed E-state index contributed by atoms with van der Waals surface area (Å²) in [4.78, 5) is 24.6. The lowest BCUT2D eigenvalue weighted by atomic mass is 9.93. The summed E-state index contributed by atoms with van der Waals surface area (Å²) in [5.74, 6) is 0.386. The van der Waals surface area contributed by atoms with Crippen molar-refractivity contribution in [1.82, 2.24) is 4.98 Å². The van der Waals surface area contributed by atoms with Gasteiger partial charge in [0.15, 0.2) is 17.1 Å². The van der Waals surface area contributed by atoms with Gasteiger partial charge in [0.2, 0.25) is 0 Å². The fourth-order valence-corrected chi connectivity index (χ4v) is 1.46. The number of ketones is 1. The van der Waals surface area contributed by atoms with Gasteiger partial charge in [0.05, 0.1) is 12.2 Å². The van der Waals surface area contributed by atoms with Gasteiger partial charge in [0, 0.05) is 6.20 Å². The Morgan fingerprint density at radius 1 is 1.50 bits per heavy atom. The minimum absolute atomic E-state index is 0.0633. The smallest absolute Gasteiger partial charge is 0.198 e. The summed E-state index contributed by atoms with van der Waals surface area (Å²) in [6.07, 6.45) is 1.66. The highest BCUT2D eigenvalue weighted by Crippen LogP contribution is 2.31. The molecule has 0 aliphatic carbocycles. The number of aromatic nitrogens is 1. The third-order valence-corrected chi connectivity index (χ3v) is 2.37. The molecule has 1 N–H and O–H groups in total. The Morgan fingerprint density at radius 3 is 3.06 bits per heavy atom. The van der Waals surface area contributed by atoms with Crippen LogP contribution in [0.1, 0.15) is 24.2 Å². The highest BCUT2D eigenvalue weighted by Gasteiger charge is 2.39. The summed E-state index contributed by atoms with van der Waals surface area (Å²) in [7, 11) is 0. The SMILES string of the molecule is CCOOCC1(C)N=Nc2[nH]ccc2C1=O. The van der Waals surface area contributed by atoms with Crippen LogP contribution in [-0.4, -0.2) is 29.5 Å². The molecule has 0 fully saturated rings. The van der Waals surface area contributed by atoms with Crippen molar-refractivity contribution in [2.24, 2.45) is 10.2 Å². The van der Waals surface area contributed by atoms with Gasteiger partial charge in [-0.25, -0.2) is 9.78 Å². The fourth-order valence-electron chi connectivity index (χ4n) is 1.46. The maximum absolute atomic E-state index is 12.1. The van der Waals surface area contributed by atoms with Crippen molar-refractivity contribution in [2.75, 3.05) is 13.2 Å². The van der Waals surface area contributed by atoms with Crippen LogP contribution in [-0.2, 0) is 9.78 Å². The molecule has 0 amide bonds. The molecule has 1 unspecified atom stereocenters. The van der Waals surface area contributed by atoms with Gasteiger partial charge in [-0.1, -0.05) is 0 Å². The van der Waals surface area contributed by atoms with Gasteiger partial charge in [-0.3, -0.25) is 4.79 Å². The third-order valence-electron chi connectivity index (χ3n) is 2.37. The van der Waals surface area contributed by atoms with Crippen molar-refractivity contribution in [3.63, 3.8) is 0 Å². The molecule has 86 valence electrons. The monoisotopic (exact) mass is 223 g/mol. The van der Waals surface area contributed by atoms with Gasteiger partial charge < -0.3 is 4.98 Å². The van der Waals surface area contributed by atoms with Crippen LogP contribution in [0.4, 0.5) is 5.82 Å². The zero-order valence-electron chi connectivity index (χ0n) is 9.19. The van der Waals surface area contributed by atoms with E-state index in [0.29, 0.717) is 18.0 Å². The lowest BCUT2D eigenvalue weighted by molar-refractivity contribution is -0.296. The number of azo groups is 1. The molecule has 0 aromatic carbocycles. The van der Waals surface area contributed by atoms with E-state index < -0.39 is 5.54 Å². The molecule has 0 bridgehead atoms. The molecule has 6 nitrogen and oxygen atoms in total. The first-order valence-electron chi connectivity index (χ1n) is 5.07. The number of nitrogens with one attached hydrogen (secondary N) is 1. The van der Waals surface area contributed by atoms with E-state index in [1.807, 2.05) is 0 Å². The summed E-state index contributed by atoms with van der Waals surface area (Å²) in [6.45, 7) is 3.97. The summed E-state index contributed by atoms with van der Waals surface area (Å²) < 4.78 is 0. The van der Waals surface area contributed by atoms with Crippen molar-refractivity contribution < 1.29 is 14.6 Å². The molecule has 1 aromatic heterocycles. The molecule has 0 saturated carbocycles. The number of rotatable bonds is 4. The van der Waals surface area contributed by atoms with Crippen LogP contribution < -0.4 is 0 Å². The van der Waals surface area contributed by atoms with Gasteiger partial charge in [-0.2, -0.15) is 5.11 Å². The molecule has 0 radical (unpaired) electrons. The normalized spacial score (nSPS) is 23.5. The number of Topliss-reactive ketones (excluding diaryl/α,β-unsaturated/α-hetero) is 1. The van der Waals surface area contributed by atoms with E-state index >= 15 is 0 Å². The Kier molecular flexibility index (Phi) is 2.84. The number of carbonyl (C=O) groups excluding carboxylic acids is 1. The van der Waals surface area contributed by atoms with E-state index in [4.69, 9.17) is 9.78 Å². The second-order valence-electron chi connectivity index (χ2n) is 3.71. The van der Waals surface area contributed by atoms with Crippen molar-refractivity contribution in [3.05, 3.63) is 17.8 Å². The van der Waals surface area contributed by atoms with Crippen LogP contribution in [0.2, 0.25) is 0 Å². The zero-order chi connectivity index (χ0) is 11.6. The second-order valence-corrected chi connectivity index (χ2v) is 3.71. The van der Waals surface area contributed by atoms with Crippen LogP contribution in [0.25, 0.3) is 0 Å². The van der Waals surface area contributed by atoms with Gasteiger partial charge in [0.1, 0.15) is 6.61 Å². The largest absolute Gasteiger partial charge is 0.345 e. The number of hydrogen-bond donors (Lipinski definition) is 1. The number of carbonyl (C=O) groups is 1. The predicted octanol–water partition coefficient (Wildman–Crippen LogP) is 2.02. The van der Waals surface area contributed by atoms with E-state index in [0.717, 1.165) is 0 Å². The van der Waals surface area contributed by atoms with Crippen LogP contribution in [0.5, 0.6) is 0 Å². The Bertz CT molecular complexity index is 427. The second kappa shape index (κ2) is 4.15. The Hall–Kier alpha value is -1.53. The van der Waals surface area contributed by atoms with E-state index in [2.05, 4.69) is 15.2 Å². The van der Waals surface area contributed by atoms with Crippen LogP contribution in [0, 0.1) is 0 Å². The van der Waals surface area contributed by atoms with Gasteiger partial charge in [-0.15, -0.1) is 5.11 Å². The molecular weight excluding hydrogens is 210 g/mol. The summed E-state index contributed by atoms with van der Waals surface area (Å²) in [5, 5.41) is 7.92. The number of aromatic amines is 1. The highest BCUT2D eigenvalue weighted by molar-refractivity contribution is 6.07. The lowest BCUT2D eigenvalue weighted by Crippen LogP contribution is -2.39. The fraction of sp³-hybridized carbons (Fsp3) is 0.500. The van der Waals surface area contributed by atoms with Crippen LogP contribution >= 0.6 is 0 Å². The lowest BCUT2D eigenvalue weighted by Gasteiger charge is -2.23. The Morgan fingerprint density at radius 2 is 2.31 bits per heavy atom. The van der Waals surface area contributed by atoms with Gasteiger partial charge in [0.25, 0.3) is 0 Å².